The van der Waals surface area contributed by atoms with Crippen LogP contribution in [0, 0.1) is 0 Å². The Labute approximate surface area is 598 Å². The first-order valence-corrected chi connectivity index (χ1v) is 36.0. The van der Waals surface area contributed by atoms with Crippen LogP contribution >= 0.6 is 0 Å². The molecule has 0 saturated heterocycles. The first kappa shape index (κ1) is 59.0. The van der Waals surface area contributed by atoms with Crippen LogP contribution in [0.1, 0.15) is 26.3 Å². The fourth-order valence-corrected chi connectivity index (χ4v) is 17.5. The molecule has 0 saturated carbocycles. The van der Waals surface area contributed by atoms with E-state index in [4.69, 9.17) is 0 Å². The molecule has 103 heavy (non-hydrogen) atoms. The predicted molar refractivity (Wildman–Crippen MR) is 440 cm³/mol. The highest BCUT2D eigenvalue weighted by atomic mass is 15.2. The van der Waals surface area contributed by atoms with Crippen molar-refractivity contribution < 1.29 is 0 Å². The Bertz CT molecular complexity index is 6020. The molecule has 0 spiro atoms. The predicted octanol–water partition coefficient (Wildman–Crippen LogP) is 24.5. The summed E-state index contributed by atoms with van der Waals surface area (Å²) in [6.45, 7) is 6.93. The summed E-state index contributed by atoms with van der Waals surface area (Å²) < 4.78 is 5.12. The van der Waals surface area contributed by atoms with Crippen LogP contribution in [0.2, 0.25) is 0 Å². The fourth-order valence-electron chi connectivity index (χ4n) is 17.5. The highest BCUT2D eigenvalue weighted by Crippen LogP contribution is 2.55. The van der Waals surface area contributed by atoms with E-state index in [9.17, 15) is 0 Å². The zero-order valence-electron chi connectivity index (χ0n) is 57.4. The second kappa shape index (κ2) is 22.8. The summed E-state index contributed by atoms with van der Waals surface area (Å²) in [7, 11) is 0. The van der Waals surface area contributed by atoms with Gasteiger partial charge in [-0.25, -0.2) is 0 Å². The van der Waals surface area contributed by atoms with Gasteiger partial charge in [0, 0.05) is 77.9 Å². The number of benzene rings is 17. The molecule has 0 unspecified atom stereocenters. The number of fused-ring (bicyclic) bond motifs is 14. The molecule has 0 N–H and O–H groups in total. The van der Waals surface area contributed by atoms with Gasteiger partial charge < -0.3 is 18.9 Å². The lowest BCUT2D eigenvalue weighted by molar-refractivity contribution is 0.590. The molecule has 2 aliphatic heterocycles. The van der Waals surface area contributed by atoms with Crippen molar-refractivity contribution in [1.29, 1.82) is 0 Å². The van der Waals surface area contributed by atoms with Gasteiger partial charge in [0.1, 0.15) is 0 Å². The molecule has 21 rings (SSSR count). The summed E-state index contributed by atoms with van der Waals surface area (Å²) in [5.41, 5.74) is 27.4. The fraction of sp³-hybridized carbons (Fsp3) is 0.0408. The summed E-state index contributed by atoms with van der Waals surface area (Å²) in [5, 5.41) is 14.6. The molecule has 0 fully saturated rings. The van der Waals surface area contributed by atoms with Gasteiger partial charge in [0.15, 0.2) is 0 Å². The topological polar surface area (TPSA) is 16.3 Å². The summed E-state index contributed by atoms with van der Waals surface area (Å²) in [6.07, 6.45) is 0. The summed E-state index contributed by atoms with van der Waals surface area (Å²) in [4.78, 5) is 5.41. The quantitative estimate of drug-likeness (QED) is 0.141. The molecule has 5 heteroatoms. The maximum atomic E-state index is 2.71. The van der Waals surface area contributed by atoms with Crippen molar-refractivity contribution in [2.24, 2.45) is 0 Å². The van der Waals surface area contributed by atoms with Gasteiger partial charge in [0.25, 0.3) is 6.71 Å². The van der Waals surface area contributed by atoms with E-state index in [2.05, 4.69) is 392 Å². The van der Waals surface area contributed by atoms with Gasteiger partial charge >= 0.3 is 0 Å². The van der Waals surface area contributed by atoms with Crippen LogP contribution < -0.4 is 26.2 Å². The van der Waals surface area contributed by atoms with Gasteiger partial charge in [0.2, 0.25) is 0 Å². The van der Waals surface area contributed by atoms with Crippen LogP contribution in [0.25, 0.3) is 143 Å². The van der Waals surface area contributed by atoms with Gasteiger partial charge in [-0.05, 0) is 178 Å². The Hall–Kier alpha value is -13.0. The van der Waals surface area contributed by atoms with E-state index in [0.717, 1.165) is 90.0 Å². The van der Waals surface area contributed by atoms with E-state index >= 15 is 0 Å². The number of para-hydroxylation sites is 2. The Kier molecular flexibility index (Phi) is 13.0. The average Bonchev–Trinajstić information content (AvgIpc) is 1.02. The molecule has 482 valence electrons. The van der Waals surface area contributed by atoms with Gasteiger partial charge in [-0.2, -0.15) is 0 Å². The number of rotatable bonds is 8. The van der Waals surface area contributed by atoms with Crippen LogP contribution in [0.5, 0.6) is 0 Å². The van der Waals surface area contributed by atoms with Crippen molar-refractivity contribution >= 4 is 144 Å². The molecule has 19 aromatic rings. The second-order valence-electron chi connectivity index (χ2n) is 29.2. The van der Waals surface area contributed by atoms with Gasteiger partial charge in [-0.1, -0.05) is 288 Å². The highest BCUT2D eigenvalue weighted by molar-refractivity contribution is 7.00. The Morgan fingerprint density at radius 1 is 0.243 bits per heavy atom. The minimum absolute atomic E-state index is 0.246. The number of aromatic nitrogens is 2. The maximum Gasteiger partial charge on any atom is 0.252 e. The van der Waals surface area contributed by atoms with E-state index < -0.39 is 0 Å². The van der Waals surface area contributed by atoms with Gasteiger partial charge in [0.05, 0.1) is 33.4 Å². The van der Waals surface area contributed by atoms with E-state index in [1.54, 1.807) is 0 Å². The second-order valence-corrected chi connectivity index (χ2v) is 29.2. The lowest BCUT2D eigenvalue weighted by atomic mass is 9.33. The molecular weight excluding hydrogens is 1240 g/mol. The zero-order valence-corrected chi connectivity index (χ0v) is 57.4. The third-order valence-corrected chi connectivity index (χ3v) is 22.3. The molecule has 2 aromatic heterocycles. The van der Waals surface area contributed by atoms with Crippen LogP contribution in [0.15, 0.2) is 352 Å². The van der Waals surface area contributed by atoms with E-state index in [1.165, 1.54) is 109 Å². The first-order chi connectivity index (χ1) is 50.7. The molecule has 0 atom stereocenters. The summed E-state index contributed by atoms with van der Waals surface area (Å²) in [5.74, 6) is 0. The lowest BCUT2D eigenvalue weighted by Crippen LogP contribution is -2.61. The maximum absolute atomic E-state index is 2.71. The van der Waals surface area contributed by atoms with Crippen molar-refractivity contribution in [2.75, 3.05) is 9.80 Å². The van der Waals surface area contributed by atoms with Gasteiger partial charge in [-0.3, -0.25) is 0 Å². The molecule has 0 radical (unpaired) electrons. The monoisotopic (exact) mass is 1310 g/mol. The van der Waals surface area contributed by atoms with Gasteiger partial charge in [-0.15, -0.1) is 0 Å². The largest absolute Gasteiger partial charge is 0.310 e. The first-order valence-electron chi connectivity index (χ1n) is 36.0. The van der Waals surface area contributed by atoms with E-state index in [0.29, 0.717) is 0 Å². The van der Waals surface area contributed by atoms with Crippen LogP contribution in [0.3, 0.4) is 0 Å². The standard InChI is InChI=1S/C98H67BN4/c1-98(2,3)74-58-93-95-94(59-74)103(97-79(64-30-12-6-13-31-64)44-25-45-80(97)65-32-14-7-15-33-65)92-61-76(101-89-56-72-40-22-18-36-68(72)52-83(89)84-53-69-37-19-23-41-73(69)57-90(84)101)47-49-86(92)99(95)85-48-46-75(60-91(85)102(93)96-77(62-26-8-4-9-27-62)42-24-43-78(96)63-28-10-5-11-29-63)100-87-54-70-38-20-16-34-66(70)50-81(87)82-51-67-35-17-21-39-71(67)55-88(82)100/h4-61H,1-3H3. The van der Waals surface area contributed by atoms with Crippen molar-refractivity contribution in [3.05, 3.63) is 357 Å². The van der Waals surface area contributed by atoms with Crippen molar-refractivity contribution in [1.82, 2.24) is 9.13 Å². The zero-order chi connectivity index (χ0) is 68.2. The summed E-state index contributed by atoms with van der Waals surface area (Å²) in [6, 6.07) is 133. The van der Waals surface area contributed by atoms with Crippen LogP contribution in [0.4, 0.5) is 34.1 Å². The van der Waals surface area contributed by atoms with Crippen LogP contribution in [-0.4, -0.2) is 15.8 Å². The minimum atomic E-state index is -0.325. The molecule has 4 heterocycles. The SMILES string of the molecule is CC(C)(C)c1cc2c3c(c1)N(c1c(-c4ccccc4)cccc1-c1ccccc1)c1cc(-n4c5cc6ccccc6cc5c5cc6ccccc6cc54)ccc1B3c1ccc(-n3c4cc5ccccc5cc4c4cc5ccccc5cc43)cc1N2c1c(-c2ccccc2)cccc1-c1ccccc1. The van der Waals surface area contributed by atoms with E-state index in [1.807, 2.05) is 0 Å². The molecule has 0 aliphatic carbocycles. The number of anilines is 6. The minimum Gasteiger partial charge on any atom is -0.310 e. The average molecular weight is 1310 g/mol. The lowest BCUT2D eigenvalue weighted by Gasteiger charge is -2.46. The summed E-state index contributed by atoms with van der Waals surface area (Å²) >= 11 is 0. The molecule has 17 aromatic carbocycles. The molecule has 2 aliphatic rings. The molecular formula is C98H67BN4. The highest BCUT2D eigenvalue weighted by Gasteiger charge is 2.46. The Balaban J connectivity index is 0.928. The molecule has 4 nitrogen and oxygen atoms in total. The molecule has 0 bridgehead atoms. The smallest absolute Gasteiger partial charge is 0.252 e. The van der Waals surface area contributed by atoms with E-state index in [-0.39, 0.29) is 12.1 Å². The third-order valence-electron chi connectivity index (χ3n) is 22.3. The number of nitrogens with zero attached hydrogens (tertiary/aromatic N) is 4. The Morgan fingerprint density at radius 3 is 0.796 bits per heavy atom. The number of hydrogen-bond donors (Lipinski definition) is 0. The Morgan fingerprint density at radius 2 is 0.515 bits per heavy atom. The number of hydrogen-bond acceptors (Lipinski definition) is 2. The molecule has 0 amide bonds. The third kappa shape index (κ3) is 9.18. The van der Waals surface area contributed by atoms with Crippen LogP contribution in [-0.2, 0) is 5.41 Å². The van der Waals surface area contributed by atoms with Crippen molar-refractivity contribution in [3.63, 3.8) is 0 Å². The normalized spacial score (nSPS) is 12.7. The van der Waals surface area contributed by atoms with Crippen molar-refractivity contribution in [2.45, 2.75) is 26.2 Å². The van der Waals surface area contributed by atoms with Crippen molar-refractivity contribution in [3.8, 4) is 55.9 Å².